The molecule has 1 rings (SSSR count). The van der Waals surface area contributed by atoms with E-state index in [0.717, 1.165) is 58.8 Å². The van der Waals surface area contributed by atoms with Crippen LogP contribution >= 0.6 is 0 Å². The van der Waals surface area contributed by atoms with Crippen molar-refractivity contribution in [2.24, 2.45) is 0 Å². The summed E-state index contributed by atoms with van der Waals surface area (Å²) in [5, 5.41) is 6.13. The molecule has 5 heteroatoms. The highest BCUT2D eigenvalue weighted by molar-refractivity contribution is 5.75. The molecule has 0 aromatic rings. The summed E-state index contributed by atoms with van der Waals surface area (Å²) in [4.78, 5) is 16.3. The maximum Gasteiger partial charge on any atom is 0.221 e. The molecule has 0 radical (unpaired) electrons. The van der Waals surface area contributed by atoms with Gasteiger partial charge in [-0.2, -0.15) is 0 Å². The normalized spacial score (nSPS) is 17.9. The highest BCUT2D eigenvalue weighted by Crippen LogP contribution is 1.99. The van der Waals surface area contributed by atoms with E-state index in [4.69, 9.17) is 0 Å². The van der Waals surface area contributed by atoms with E-state index in [1.807, 2.05) is 6.92 Å². The Bertz CT molecular complexity index is 227. The number of carbonyl (C=O) groups excluding carboxylic acids is 1. The molecule has 1 amide bonds. The Morgan fingerprint density at radius 2 is 1.89 bits per heavy atom. The number of hydrogen-bond acceptors (Lipinski definition) is 4. The topological polar surface area (TPSA) is 47.6 Å². The zero-order valence-electron chi connectivity index (χ0n) is 11.9. The fourth-order valence-corrected chi connectivity index (χ4v) is 2.07. The molecule has 0 bridgehead atoms. The van der Waals surface area contributed by atoms with Crippen LogP contribution in [0.2, 0.25) is 0 Å². The zero-order valence-corrected chi connectivity index (χ0v) is 11.9. The Kier molecular flexibility index (Phi) is 7.96. The van der Waals surface area contributed by atoms with Crippen molar-refractivity contribution < 1.29 is 4.79 Å². The van der Waals surface area contributed by atoms with Crippen LogP contribution in [0.15, 0.2) is 0 Å². The molecule has 1 aliphatic rings. The van der Waals surface area contributed by atoms with Gasteiger partial charge in [-0.25, -0.2) is 0 Å². The molecule has 1 fully saturated rings. The van der Waals surface area contributed by atoms with Crippen LogP contribution in [0.5, 0.6) is 0 Å². The van der Waals surface area contributed by atoms with E-state index in [1.165, 1.54) is 0 Å². The largest absolute Gasteiger partial charge is 0.356 e. The standard InChI is InChI=1S/C13H28N4O/c1-3-14-7-5-13(18)15-6-4-8-17-11-9-16(2)10-12-17/h14H,3-12H2,1-2H3,(H,15,18). The Morgan fingerprint density at radius 3 is 2.56 bits per heavy atom. The van der Waals surface area contributed by atoms with Gasteiger partial charge in [0.25, 0.3) is 0 Å². The number of piperazine rings is 1. The van der Waals surface area contributed by atoms with Crippen LogP contribution < -0.4 is 10.6 Å². The SMILES string of the molecule is CCNCCC(=O)NCCCN1CCN(C)CC1. The summed E-state index contributed by atoms with van der Waals surface area (Å²) >= 11 is 0. The van der Waals surface area contributed by atoms with Gasteiger partial charge < -0.3 is 20.4 Å². The van der Waals surface area contributed by atoms with Gasteiger partial charge in [0.1, 0.15) is 0 Å². The van der Waals surface area contributed by atoms with E-state index < -0.39 is 0 Å². The van der Waals surface area contributed by atoms with Crippen molar-refractivity contribution >= 4 is 5.91 Å². The number of likely N-dealkylation sites (N-methyl/N-ethyl adjacent to an activating group) is 1. The molecule has 0 aliphatic carbocycles. The summed E-state index contributed by atoms with van der Waals surface area (Å²) in [5.74, 6) is 0.161. The summed E-state index contributed by atoms with van der Waals surface area (Å²) in [6.07, 6.45) is 1.64. The third-order valence-electron chi connectivity index (χ3n) is 3.35. The number of amides is 1. The lowest BCUT2D eigenvalue weighted by Gasteiger charge is -2.32. The fraction of sp³-hybridized carbons (Fsp3) is 0.923. The Balaban J connectivity index is 1.93. The number of nitrogens with zero attached hydrogens (tertiary/aromatic N) is 2. The zero-order chi connectivity index (χ0) is 13.2. The van der Waals surface area contributed by atoms with Crippen molar-refractivity contribution in [3.63, 3.8) is 0 Å². The average Bonchev–Trinajstić information content (AvgIpc) is 2.37. The van der Waals surface area contributed by atoms with Crippen molar-refractivity contribution in [2.45, 2.75) is 19.8 Å². The third kappa shape index (κ3) is 6.93. The predicted octanol–water partition coefficient (Wildman–Crippen LogP) is -0.260. The van der Waals surface area contributed by atoms with Gasteiger partial charge in [-0.1, -0.05) is 6.92 Å². The van der Waals surface area contributed by atoms with E-state index in [9.17, 15) is 4.79 Å². The number of nitrogens with one attached hydrogen (secondary N) is 2. The Labute approximate surface area is 111 Å². The first kappa shape index (κ1) is 15.4. The summed E-state index contributed by atoms with van der Waals surface area (Å²) < 4.78 is 0. The minimum Gasteiger partial charge on any atom is -0.356 e. The lowest BCUT2D eigenvalue weighted by atomic mass is 10.3. The van der Waals surface area contributed by atoms with Crippen LogP contribution in [0.25, 0.3) is 0 Å². The van der Waals surface area contributed by atoms with Crippen LogP contribution in [0.4, 0.5) is 0 Å². The summed E-state index contributed by atoms with van der Waals surface area (Å²) in [7, 11) is 2.17. The molecule has 0 atom stereocenters. The van der Waals surface area contributed by atoms with Gasteiger partial charge in [0.15, 0.2) is 0 Å². The van der Waals surface area contributed by atoms with Crippen LogP contribution in [0.1, 0.15) is 19.8 Å². The van der Waals surface area contributed by atoms with Crippen LogP contribution in [-0.2, 0) is 4.79 Å². The second-order valence-electron chi connectivity index (χ2n) is 4.95. The predicted molar refractivity (Wildman–Crippen MR) is 74.7 cm³/mol. The van der Waals surface area contributed by atoms with Crippen LogP contribution in [0, 0.1) is 0 Å². The first-order valence-electron chi connectivity index (χ1n) is 7.10. The molecule has 5 nitrogen and oxygen atoms in total. The monoisotopic (exact) mass is 256 g/mol. The summed E-state index contributed by atoms with van der Waals surface area (Å²) in [5.41, 5.74) is 0. The smallest absolute Gasteiger partial charge is 0.221 e. The molecule has 2 N–H and O–H groups in total. The number of hydrogen-bond donors (Lipinski definition) is 2. The third-order valence-corrected chi connectivity index (χ3v) is 3.35. The second kappa shape index (κ2) is 9.30. The highest BCUT2D eigenvalue weighted by atomic mass is 16.1. The molecule has 0 saturated carbocycles. The Morgan fingerprint density at radius 1 is 1.17 bits per heavy atom. The van der Waals surface area contributed by atoms with Crippen molar-refractivity contribution in [2.75, 3.05) is 59.4 Å². The van der Waals surface area contributed by atoms with Gasteiger partial charge in [-0.15, -0.1) is 0 Å². The Hall–Kier alpha value is -0.650. The molecular weight excluding hydrogens is 228 g/mol. The molecule has 0 unspecified atom stereocenters. The van der Waals surface area contributed by atoms with Crippen LogP contribution in [-0.4, -0.2) is 75.1 Å². The maximum absolute atomic E-state index is 11.4. The molecule has 1 saturated heterocycles. The maximum atomic E-state index is 11.4. The van der Waals surface area contributed by atoms with E-state index in [2.05, 4.69) is 27.5 Å². The first-order chi connectivity index (χ1) is 8.72. The lowest BCUT2D eigenvalue weighted by molar-refractivity contribution is -0.121. The minimum atomic E-state index is 0.161. The molecule has 0 aromatic heterocycles. The molecule has 1 heterocycles. The lowest BCUT2D eigenvalue weighted by Crippen LogP contribution is -2.45. The quantitative estimate of drug-likeness (QED) is 0.588. The van der Waals surface area contributed by atoms with Gasteiger partial charge in [-0.3, -0.25) is 4.79 Å². The van der Waals surface area contributed by atoms with Gasteiger partial charge in [0.05, 0.1) is 0 Å². The van der Waals surface area contributed by atoms with Crippen molar-refractivity contribution in [1.82, 2.24) is 20.4 Å². The molecular formula is C13H28N4O. The van der Waals surface area contributed by atoms with Gasteiger partial charge in [-0.05, 0) is 26.6 Å². The molecule has 106 valence electrons. The molecule has 1 aliphatic heterocycles. The van der Waals surface area contributed by atoms with Gasteiger partial charge in [0.2, 0.25) is 5.91 Å². The first-order valence-corrected chi connectivity index (χ1v) is 7.10. The van der Waals surface area contributed by atoms with E-state index in [-0.39, 0.29) is 5.91 Å². The van der Waals surface area contributed by atoms with E-state index in [0.29, 0.717) is 6.42 Å². The van der Waals surface area contributed by atoms with Crippen molar-refractivity contribution in [3.8, 4) is 0 Å². The fourth-order valence-electron chi connectivity index (χ4n) is 2.07. The average molecular weight is 256 g/mol. The van der Waals surface area contributed by atoms with Crippen molar-refractivity contribution in [3.05, 3.63) is 0 Å². The van der Waals surface area contributed by atoms with E-state index >= 15 is 0 Å². The second-order valence-corrected chi connectivity index (χ2v) is 4.95. The van der Waals surface area contributed by atoms with E-state index in [1.54, 1.807) is 0 Å². The molecule has 0 spiro atoms. The minimum absolute atomic E-state index is 0.161. The van der Waals surface area contributed by atoms with Gasteiger partial charge >= 0.3 is 0 Å². The number of carbonyl (C=O) groups is 1. The number of rotatable bonds is 8. The van der Waals surface area contributed by atoms with Gasteiger partial charge in [0, 0.05) is 45.7 Å². The molecule has 0 aromatic carbocycles. The van der Waals surface area contributed by atoms with Crippen molar-refractivity contribution in [1.29, 1.82) is 0 Å². The summed E-state index contributed by atoms with van der Waals surface area (Å²) in [6.45, 7) is 10.3. The van der Waals surface area contributed by atoms with Crippen LogP contribution in [0.3, 0.4) is 0 Å². The summed E-state index contributed by atoms with van der Waals surface area (Å²) in [6, 6.07) is 0. The molecule has 18 heavy (non-hydrogen) atoms. The highest BCUT2D eigenvalue weighted by Gasteiger charge is 2.12.